The summed E-state index contributed by atoms with van der Waals surface area (Å²) in [5.74, 6) is 0.0285. The monoisotopic (exact) mass is 245 g/mol. The van der Waals surface area contributed by atoms with Gasteiger partial charge >= 0.3 is 6.09 Å². The number of ether oxygens (including phenoxy) is 1. The summed E-state index contributed by atoms with van der Waals surface area (Å²) in [7, 11) is 5.99. The Morgan fingerprint density at radius 3 is 2.12 bits per heavy atom. The summed E-state index contributed by atoms with van der Waals surface area (Å²) in [6.07, 6.45) is -0.563. The highest BCUT2D eigenvalue weighted by atomic mass is 16.6. The Kier molecular flexibility index (Phi) is 6.16. The van der Waals surface area contributed by atoms with Gasteiger partial charge in [0, 0.05) is 12.5 Å². The number of nitrogens with zero attached hydrogens (tertiary/aromatic N) is 1. The molecule has 0 radical (unpaired) electrons. The minimum atomic E-state index is -0.459. The van der Waals surface area contributed by atoms with Crippen molar-refractivity contribution in [2.75, 3.05) is 27.7 Å². The van der Waals surface area contributed by atoms with Crippen LogP contribution >= 0.6 is 0 Å². The molecule has 1 atom stereocenters. The topological polar surface area (TPSA) is 55.4 Å². The van der Waals surface area contributed by atoms with Gasteiger partial charge in [0.1, 0.15) is 12.3 Å². The van der Waals surface area contributed by atoms with E-state index in [1.54, 1.807) is 0 Å². The van der Waals surface area contributed by atoms with Gasteiger partial charge in [0.2, 0.25) is 0 Å². The van der Waals surface area contributed by atoms with Gasteiger partial charge in [-0.15, -0.1) is 0 Å². The number of likely N-dealkylation sites (N-methyl/N-ethyl adjacent to an activating group) is 1. The van der Waals surface area contributed by atoms with Gasteiger partial charge in [-0.2, -0.15) is 0 Å². The van der Waals surface area contributed by atoms with Crippen LogP contribution in [0.5, 0.6) is 0 Å². The van der Waals surface area contributed by atoms with E-state index in [4.69, 9.17) is 4.74 Å². The summed E-state index contributed by atoms with van der Waals surface area (Å²) < 4.78 is 5.91. The van der Waals surface area contributed by atoms with Crippen LogP contribution < -0.4 is 5.32 Å². The Bertz CT molecular complexity index is 269. The summed E-state index contributed by atoms with van der Waals surface area (Å²) in [6.45, 7) is 5.85. The molecule has 0 saturated heterocycles. The molecule has 5 nitrogen and oxygen atoms in total. The van der Waals surface area contributed by atoms with Crippen molar-refractivity contribution in [2.45, 2.75) is 39.3 Å². The maximum atomic E-state index is 11.5. The fourth-order valence-corrected chi connectivity index (χ4v) is 1.50. The Balaban J connectivity index is 4.38. The number of amides is 1. The van der Waals surface area contributed by atoms with Crippen LogP contribution in [0.4, 0.5) is 4.79 Å². The molecule has 1 N–H and O–H groups in total. The van der Waals surface area contributed by atoms with E-state index >= 15 is 0 Å². The third kappa shape index (κ3) is 9.81. The Morgan fingerprint density at radius 1 is 1.24 bits per heavy atom. The number of hydrogen-bond acceptors (Lipinski definition) is 3. The molecule has 0 rings (SSSR count). The molecule has 0 aliphatic carbocycles. The fraction of sp³-hybridized carbons (Fsp3) is 0.833. The second kappa shape index (κ2) is 6.59. The van der Waals surface area contributed by atoms with E-state index in [-0.39, 0.29) is 24.3 Å². The number of nitrogens with one attached hydrogen (secondary N) is 1. The molecular formula is C12H25N2O3+. The van der Waals surface area contributed by atoms with E-state index in [2.05, 4.69) is 5.32 Å². The SMILES string of the molecule is CC(=O)CC(C[N+](C)(C)C)OC(=O)NC(C)C. The molecule has 0 saturated carbocycles. The maximum absolute atomic E-state index is 11.5. The summed E-state index contributed by atoms with van der Waals surface area (Å²) in [5.41, 5.74) is 0. The van der Waals surface area contributed by atoms with Crippen LogP contribution in [-0.4, -0.2) is 56.2 Å². The molecular weight excluding hydrogens is 220 g/mol. The average molecular weight is 245 g/mol. The normalized spacial score (nSPS) is 13.4. The number of hydrogen-bond donors (Lipinski definition) is 1. The average Bonchev–Trinajstić information content (AvgIpc) is 1.95. The van der Waals surface area contributed by atoms with Gasteiger partial charge in [0.05, 0.1) is 21.1 Å². The lowest BCUT2D eigenvalue weighted by Gasteiger charge is -2.28. The first-order valence-corrected chi connectivity index (χ1v) is 5.87. The highest BCUT2D eigenvalue weighted by Gasteiger charge is 2.23. The molecule has 0 spiro atoms. The standard InChI is InChI=1S/C12H24N2O3/c1-9(2)13-12(16)17-11(7-10(3)15)8-14(4,5)6/h9,11H,7-8H2,1-6H3/p+1. The number of carbonyl (C=O) groups excluding carboxylic acids is 2. The smallest absolute Gasteiger partial charge is 0.407 e. The molecule has 0 bridgehead atoms. The van der Waals surface area contributed by atoms with Gasteiger partial charge in [0.15, 0.2) is 6.10 Å². The predicted molar refractivity (Wildman–Crippen MR) is 66.7 cm³/mol. The summed E-state index contributed by atoms with van der Waals surface area (Å²) in [5, 5.41) is 2.65. The van der Waals surface area contributed by atoms with Gasteiger partial charge in [-0.1, -0.05) is 0 Å². The lowest BCUT2D eigenvalue weighted by Crippen LogP contribution is -2.45. The highest BCUT2D eigenvalue weighted by Crippen LogP contribution is 2.06. The Hall–Kier alpha value is -1.10. The van der Waals surface area contributed by atoms with Gasteiger partial charge in [-0.05, 0) is 20.8 Å². The summed E-state index contributed by atoms with van der Waals surface area (Å²) >= 11 is 0. The van der Waals surface area contributed by atoms with Crippen molar-refractivity contribution in [1.29, 1.82) is 0 Å². The molecule has 0 aromatic heterocycles. The number of rotatable bonds is 6. The van der Waals surface area contributed by atoms with Crippen molar-refractivity contribution in [1.82, 2.24) is 5.32 Å². The first-order chi connectivity index (χ1) is 7.60. The number of quaternary nitrogens is 1. The van der Waals surface area contributed by atoms with Crippen LogP contribution in [0.15, 0.2) is 0 Å². The lowest BCUT2D eigenvalue weighted by molar-refractivity contribution is -0.873. The van der Waals surface area contributed by atoms with Gasteiger partial charge in [-0.3, -0.25) is 4.79 Å². The third-order valence-electron chi connectivity index (χ3n) is 1.95. The molecule has 1 unspecified atom stereocenters. The van der Waals surface area contributed by atoms with Crippen molar-refractivity contribution < 1.29 is 18.8 Å². The van der Waals surface area contributed by atoms with Crippen molar-refractivity contribution in [3.05, 3.63) is 0 Å². The molecule has 0 aliphatic rings. The van der Waals surface area contributed by atoms with Crippen molar-refractivity contribution in [2.24, 2.45) is 0 Å². The molecule has 100 valence electrons. The third-order valence-corrected chi connectivity index (χ3v) is 1.95. The molecule has 0 aromatic rings. The van der Waals surface area contributed by atoms with E-state index in [0.29, 0.717) is 11.0 Å². The van der Waals surface area contributed by atoms with Crippen molar-refractivity contribution in [3.63, 3.8) is 0 Å². The quantitative estimate of drug-likeness (QED) is 0.715. The predicted octanol–water partition coefficient (Wildman–Crippen LogP) is 1.17. The van der Waals surface area contributed by atoms with Crippen LogP contribution in [0, 0.1) is 0 Å². The molecule has 0 aliphatic heterocycles. The van der Waals surface area contributed by atoms with Crippen LogP contribution in [0.3, 0.4) is 0 Å². The molecule has 0 aromatic carbocycles. The zero-order valence-corrected chi connectivity index (χ0v) is 11.7. The van der Waals surface area contributed by atoms with Crippen molar-refractivity contribution in [3.8, 4) is 0 Å². The number of Topliss-reactive ketones (excluding diaryl/α,β-unsaturated/α-hetero) is 1. The zero-order chi connectivity index (χ0) is 13.6. The Labute approximate surface area is 104 Å². The second-order valence-corrected chi connectivity index (χ2v) is 5.71. The first-order valence-electron chi connectivity index (χ1n) is 5.87. The highest BCUT2D eigenvalue weighted by molar-refractivity contribution is 5.76. The number of carbonyl (C=O) groups is 2. The van der Waals surface area contributed by atoms with Crippen LogP contribution in [0.2, 0.25) is 0 Å². The molecule has 0 heterocycles. The number of ketones is 1. The number of alkyl carbamates (subject to hydrolysis) is 1. The maximum Gasteiger partial charge on any atom is 0.407 e. The largest absolute Gasteiger partial charge is 0.440 e. The lowest BCUT2D eigenvalue weighted by atomic mass is 10.2. The summed E-state index contributed by atoms with van der Waals surface area (Å²) in [6, 6.07) is 0.0320. The van der Waals surface area contributed by atoms with Crippen LogP contribution in [0.25, 0.3) is 0 Å². The van der Waals surface area contributed by atoms with E-state index in [9.17, 15) is 9.59 Å². The van der Waals surface area contributed by atoms with E-state index < -0.39 is 6.09 Å². The van der Waals surface area contributed by atoms with E-state index in [1.807, 2.05) is 35.0 Å². The summed E-state index contributed by atoms with van der Waals surface area (Å²) in [4.78, 5) is 22.6. The zero-order valence-electron chi connectivity index (χ0n) is 11.7. The fourth-order valence-electron chi connectivity index (χ4n) is 1.50. The van der Waals surface area contributed by atoms with E-state index in [1.165, 1.54) is 6.92 Å². The van der Waals surface area contributed by atoms with Gasteiger partial charge in [-0.25, -0.2) is 4.79 Å². The van der Waals surface area contributed by atoms with Crippen LogP contribution in [-0.2, 0) is 9.53 Å². The van der Waals surface area contributed by atoms with E-state index in [0.717, 1.165) is 0 Å². The molecule has 0 fully saturated rings. The minimum Gasteiger partial charge on any atom is -0.440 e. The molecule has 17 heavy (non-hydrogen) atoms. The van der Waals surface area contributed by atoms with Gasteiger partial charge < -0.3 is 14.5 Å². The molecule has 1 amide bonds. The minimum absolute atomic E-state index is 0.0285. The van der Waals surface area contributed by atoms with Crippen LogP contribution in [0.1, 0.15) is 27.2 Å². The Morgan fingerprint density at radius 2 is 1.76 bits per heavy atom. The molecule has 5 heteroatoms. The van der Waals surface area contributed by atoms with Crippen molar-refractivity contribution >= 4 is 11.9 Å². The van der Waals surface area contributed by atoms with Gasteiger partial charge in [0.25, 0.3) is 0 Å². The second-order valence-electron chi connectivity index (χ2n) is 5.71. The first kappa shape index (κ1) is 15.9.